The third kappa shape index (κ3) is 3.63. The van der Waals surface area contributed by atoms with Gasteiger partial charge in [-0.05, 0) is 31.2 Å². The predicted molar refractivity (Wildman–Crippen MR) is 94.5 cm³/mol. The van der Waals surface area contributed by atoms with Crippen molar-refractivity contribution in [1.29, 1.82) is 0 Å². The Kier molecular flexibility index (Phi) is 4.93. The van der Waals surface area contributed by atoms with Gasteiger partial charge in [0.05, 0.1) is 0 Å². The second kappa shape index (κ2) is 6.96. The summed E-state index contributed by atoms with van der Waals surface area (Å²) in [7, 11) is 0. The van der Waals surface area contributed by atoms with Gasteiger partial charge in [0.2, 0.25) is 11.8 Å². The van der Waals surface area contributed by atoms with Crippen molar-refractivity contribution in [3.05, 3.63) is 35.9 Å². The molecule has 1 aliphatic heterocycles. The number of carbonyl (C=O) groups is 2. The number of amides is 2. The number of hydrogen-bond acceptors (Lipinski definition) is 2. The molecule has 0 aromatic heterocycles. The van der Waals surface area contributed by atoms with Crippen LogP contribution >= 0.6 is 0 Å². The zero-order valence-electron chi connectivity index (χ0n) is 14.8. The highest BCUT2D eigenvalue weighted by molar-refractivity contribution is 5.80. The summed E-state index contributed by atoms with van der Waals surface area (Å²) in [6.07, 6.45) is 3.86. The second-order valence-electron chi connectivity index (χ2n) is 7.62. The van der Waals surface area contributed by atoms with E-state index in [1.54, 1.807) is 0 Å². The summed E-state index contributed by atoms with van der Waals surface area (Å²) in [6, 6.07) is 10.5. The molecule has 4 heteroatoms. The van der Waals surface area contributed by atoms with Gasteiger partial charge in [0.15, 0.2) is 0 Å². The standard InChI is InChI=1S/C20H28N2O2/c1-15(2)19(24)22-12-8-16(9-13-22)18(23)21-14-20(10-11-20)17-6-4-3-5-7-17/h3-7,15-16H,8-14H2,1-2H3,(H,21,23). The minimum Gasteiger partial charge on any atom is -0.355 e. The summed E-state index contributed by atoms with van der Waals surface area (Å²) in [5.41, 5.74) is 1.49. The molecule has 2 amide bonds. The van der Waals surface area contributed by atoms with Crippen LogP contribution in [0.15, 0.2) is 30.3 Å². The van der Waals surface area contributed by atoms with E-state index in [0.717, 1.165) is 32.2 Å². The van der Waals surface area contributed by atoms with Crippen LogP contribution in [0.4, 0.5) is 0 Å². The number of likely N-dealkylation sites (tertiary alicyclic amines) is 1. The smallest absolute Gasteiger partial charge is 0.225 e. The third-order valence-electron chi connectivity index (χ3n) is 5.51. The molecule has 0 spiro atoms. The topological polar surface area (TPSA) is 49.4 Å². The second-order valence-corrected chi connectivity index (χ2v) is 7.62. The molecule has 2 fully saturated rings. The van der Waals surface area contributed by atoms with Crippen LogP contribution in [-0.4, -0.2) is 36.3 Å². The van der Waals surface area contributed by atoms with Crippen LogP contribution < -0.4 is 5.32 Å². The Bertz CT molecular complexity index is 585. The summed E-state index contributed by atoms with van der Waals surface area (Å²) < 4.78 is 0. The fourth-order valence-corrected chi connectivity index (χ4v) is 3.64. The predicted octanol–water partition coefficient (Wildman–Crippen LogP) is 2.73. The van der Waals surface area contributed by atoms with E-state index in [1.807, 2.05) is 24.8 Å². The SMILES string of the molecule is CC(C)C(=O)N1CCC(C(=O)NCC2(c3ccccc3)CC2)CC1. The number of carbonyl (C=O) groups excluding carboxylic acids is 2. The van der Waals surface area contributed by atoms with Crippen LogP contribution in [0.3, 0.4) is 0 Å². The van der Waals surface area contributed by atoms with Crippen LogP contribution in [0.5, 0.6) is 0 Å². The molecule has 0 bridgehead atoms. The van der Waals surface area contributed by atoms with E-state index in [4.69, 9.17) is 0 Å². The Morgan fingerprint density at radius 3 is 2.33 bits per heavy atom. The molecule has 4 nitrogen and oxygen atoms in total. The van der Waals surface area contributed by atoms with Gasteiger partial charge in [-0.15, -0.1) is 0 Å². The fraction of sp³-hybridized carbons (Fsp3) is 0.600. The molecular weight excluding hydrogens is 300 g/mol. The van der Waals surface area contributed by atoms with E-state index in [1.165, 1.54) is 5.56 Å². The Labute approximate surface area is 144 Å². The van der Waals surface area contributed by atoms with Crippen LogP contribution in [0.1, 0.15) is 45.1 Å². The van der Waals surface area contributed by atoms with E-state index in [0.29, 0.717) is 13.1 Å². The zero-order chi connectivity index (χ0) is 17.2. The van der Waals surface area contributed by atoms with E-state index in [-0.39, 0.29) is 29.1 Å². The minimum atomic E-state index is 0.0379. The molecule has 1 aromatic carbocycles. The van der Waals surface area contributed by atoms with Crippen molar-refractivity contribution in [1.82, 2.24) is 10.2 Å². The third-order valence-corrected chi connectivity index (χ3v) is 5.51. The molecule has 24 heavy (non-hydrogen) atoms. The average Bonchev–Trinajstić information content (AvgIpc) is 3.41. The van der Waals surface area contributed by atoms with Crippen LogP contribution in [0, 0.1) is 11.8 Å². The van der Waals surface area contributed by atoms with Crippen molar-refractivity contribution < 1.29 is 9.59 Å². The summed E-state index contributed by atoms with van der Waals surface area (Å²) in [5, 5.41) is 3.18. The minimum absolute atomic E-state index is 0.0379. The number of piperidine rings is 1. The lowest BCUT2D eigenvalue weighted by molar-refractivity contribution is -0.138. The molecule has 1 N–H and O–H groups in total. The highest BCUT2D eigenvalue weighted by atomic mass is 16.2. The first-order valence-corrected chi connectivity index (χ1v) is 9.14. The number of benzene rings is 1. The Hall–Kier alpha value is -1.84. The first kappa shape index (κ1) is 17.0. The quantitative estimate of drug-likeness (QED) is 0.903. The van der Waals surface area contributed by atoms with E-state index >= 15 is 0 Å². The molecule has 1 aromatic rings. The van der Waals surface area contributed by atoms with Gasteiger partial charge in [-0.25, -0.2) is 0 Å². The number of nitrogens with one attached hydrogen (secondary N) is 1. The van der Waals surface area contributed by atoms with Gasteiger partial charge in [-0.3, -0.25) is 9.59 Å². The first-order valence-electron chi connectivity index (χ1n) is 9.14. The van der Waals surface area contributed by atoms with Crippen molar-refractivity contribution in [3.8, 4) is 0 Å². The highest BCUT2D eigenvalue weighted by Crippen LogP contribution is 2.47. The summed E-state index contributed by atoms with van der Waals surface area (Å²) in [6.45, 7) is 6.01. The molecule has 3 rings (SSSR count). The first-order chi connectivity index (χ1) is 11.5. The number of rotatable bonds is 5. The van der Waals surface area contributed by atoms with Crippen LogP contribution in [0.2, 0.25) is 0 Å². The lowest BCUT2D eigenvalue weighted by Crippen LogP contribution is -2.45. The molecule has 2 aliphatic rings. The van der Waals surface area contributed by atoms with Gasteiger partial charge in [0.1, 0.15) is 0 Å². The Balaban J connectivity index is 1.48. The highest BCUT2D eigenvalue weighted by Gasteiger charge is 2.44. The molecule has 0 radical (unpaired) electrons. The summed E-state index contributed by atoms with van der Waals surface area (Å²) in [5.74, 6) is 0.451. The van der Waals surface area contributed by atoms with Crippen molar-refractivity contribution in [3.63, 3.8) is 0 Å². The summed E-state index contributed by atoms with van der Waals surface area (Å²) in [4.78, 5) is 26.4. The molecule has 1 aliphatic carbocycles. The Morgan fingerprint density at radius 1 is 1.17 bits per heavy atom. The maximum absolute atomic E-state index is 12.5. The van der Waals surface area contributed by atoms with E-state index in [2.05, 4.69) is 29.6 Å². The van der Waals surface area contributed by atoms with Gasteiger partial charge in [-0.2, -0.15) is 0 Å². The number of nitrogens with zero attached hydrogens (tertiary/aromatic N) is 1. The molecule has 1 saturated carbocycles. The largest absolute Gasteiger partial charge is 0.355 e. The van der Waals surface area contributed by atoms with Crippen LogP contribution in [0.25, 0.3) is 0 Å². The lowest BCUT2D eigenvalue weighted by atomic mass is 9.93. The molecule has 130 valence electrons. The zero-order valence-corrected chi connectivity index (χ0v) is 14.8. The normalized spacial score (nSPS) is 20.0. The average molecular weight is 328 g/mol. The Morgan fingerprint density at radius 2 is 1.79 bits per heavy atom. The van der Waals surface area contributed by atoms with Crippen molar-refractivity contribution >= 4 is 11.8 Å². The van der Waals surface area contributed by atoms with Gasteiger partial charge in [-0.1, -0.05) is 44.2 Å². The van der Waals surface area contributed by atoms with E-state index < -0.39 is 0 Å². The van der Waals surface area contributed by atoms with E-state index in [9.17, 15) is 9.59 Å². The maximum Gasteiger partial charge on any atom is 0.225 e. The summed E-state index contributed by atoms with van der Waals surface area (Å²) >= 11 is 0. The van der Waals surface area contributed by atoms with Crippen molar-refractivity contribution in [2.45, 2.75) is 44.9 Å². The maximum atomic E-state index is 12.5. The molecule has 0 atom stereocenters. The number of hydrogen-bond donors (Lipinski definition) is 1. The van der Waals surface area contributed by atoms with Gasteiger partial charge in [0, 0.05) is 36.9 Å². The van der Waals surface area contributed by atoms with Crippen LogP contribution in [-0.2, 0) is 15.0 Å². The molecule has 1 heterocycles. The van der Waals surface area contributed by atoms with Crippen molar-refractivity contribution in [2.75, 3.05) is 19.6 Å². The molecular formula is C20H28N2O2. The monoisotopic (exact) mass is 328 g/mol. The van der Waals surface area contributed by atoms with Gasteiger partial charge in [0.25, 0.3) is 0 Å². The molecule has 1 saturated heterocycles. The van der Waals surface area contributed by atoms with Gasteiger partial charge < -0.3 is 10.2 Å². The molecule has 0 unspecified atom stereocenters. The van der Waals surface area contributed by atoms with Gasteiger partial charge >= 0.3 is 0 Å². The van der Waals surface area contributed by atoms with Crippen molar-refractivity contribution in [2.24, 2.45) is 11.8 Å². The lowest BCUT2D eigenvalue weighted by Gasteiger charge is -2.32. The fourth-order valence-electron chi connectivity index (χ4n) is 3.64.